The van der Waals surface area contributed by atoms with E-state index in [1.54, 1.807) is 23.1 Å². The number of carbonyl (C=O) groups excluding carboxylic acids is 2. The third-order valence-electron chi connectivity index (χ3n) is 7.00. The number of ketones is 1. The molecule has 0 saturated carbocycles. The molecule has 0 bridgehead atoms. The van der Waals surface area contributed by atoms with Crippen LogP contribution in [0.2, 0.25) is 0 Å². The molecule has 1 saturated heterocycles. The van der Waals surface area contributed by atoms with Crippen LogP contribution in [0.4, 0.5) is 0 Å². The Kier molecular flexibility index (Phi) is 5.23. The van der Waals surface area contributed by atoms with Crippen molar-refractivity contribution in [2.45, 2.75) is 22.8 Å². The van der Waals surface area contributed by atoms with Crippen molar-refractivity contribution in [2.24, 2.45) is 0 Å². The van der Waals surface area contributed by atoms with E-state index < -0.39 is 9.84 Å². The topological polar surface area (TPSA) is 84.0 Å². The fourth-order valence-corrected chi connectivity index (χ4v) is 6.78. The number of ether oxygens (including phenoxy) is 1. The second-order valence-electron chi connectivity index (χ2n) is 9.15. The average Bonchev–Trinajstić information content (AvgIpc) is 3.35. The van der Waals surface area contributed by atoms with Crippen LogP contribution in [0, 0.1) is 0 Å². The molecule has 7 nitrogen and oxygen atoms in total. The first-order chi connectivity index (χ1) is 16.9. The largest absolute Gasteiger partial charge is 0.493 e. The maximum Gasteiger partial charge on any atom is 0.253 e. The number of fused-ring (bicyclic) bond motifs is 3. The van der Waals surface area contributed by atoms with E-state index in [0.29, 0.717) is 13.1 Å². The van der Waals surface area contributed by atoms with Crippen molar-refractivity contribution in [2.75, 3.05) is 32.8 Å². The Balaban J connectivity index is 1.17. The maximum absolute atomic E-state index is 13.2. The number of benzene rings is 3. The lowest BCUT2D eigenvalue weighted by molar-refractivity contribution is 0.0628. The number of nitrogens with zero attached hydrogens (tertiary/aromatic N) is 2. The highest BCUT2D eigenvalue weighted by Gasteiger charge is 2.35. The summed E-state index contributed by atoms with van der Waals surface area (Å²) in [7, 11) is -3.88. The molecule has 178 valence electrons. The van der Waals surface area contributed by atoms with Gasteiger partial charge in [-0.05, 0) is 47.5 Å². The maximum atomic E-state index is 13.2. The molecule has 6 rings (SSSR count). The normalized spacial score (nSPS) is 18.4. The average molecular weight is 489 g/mol. The van der Waals surface area contributed by atoms with Crippen molar-refractivity contribution in [1.29, 1.82) is 0 Å². The summed E-state index contributed by atoms with van der Waals surface area (Å²) >= 11 is 0. The van der Waals surface area contributed by atoms with Gasteiger partial charge in [-0.1, -0.05) is 24.3 Å². The highest BCUT2D eigenvalue weighted by atomic mass is 32.2. The third-order valence-corrected chi connectivity index (χ3v) is 8.86. The first-order valence-electron chi connectivity index (χ1n) is 11.7. The lowest BCUT2D eigenvalue weighted by Gasteiger charge is -2.35. The summed E-state index contributed by atoms with van der Waals surface area (Å²) in [4.78, 5) is 30.1. The number of amides is 1. The smallest absolute Gasteiger partial charge is 0.253 e. The van der Waals surface area contributed by atoms with E-state index in [9.17, 15) is 18.0 Å². The minimum atomic E-state index is -3.88. The van der Waals surface area contributed by atoms with Crippen LogP contribution in [0.15, 0.2) is 70.5 Å². The molecule has 3 aromatic carbocycles. The van der Waals surface area contributed by atoms with Gasteiger partial charge >= 0.3 is 0 Å². The SMILES string of the molecule is O=C1c2ccccc2S(=O)(=O)c2cc(C(=O)N3CCN(Cc4ccc5c(c4)CCO5)CC3)ccc21. The van der Waals surface area contributed by atoms with Crippen LogP contribution in [0.5, 0.6) is 5.75 Å². The Morgan fingerprint density at radius 3 is 2.49 bits per heavy atom. The van der Waals surface area contributed by atoms with Crippen LogP contribution in [0.25, 0.3) is 0 Å². The fourth-order valence-electron chi connectivity index (χ4n) is 5.11. The van der Waals surface area contributed by atoms with Crippen LogP contribution >= 0.6 is 0 Å². The Labute approximate surface area is 203 Å². The summed E-state index contributed by atoms with van der Waals surface area (Å²) in [5.74, 6) is 0.418. The van der Waals surface area contributed by atoms with Gasteiger partial charge in [0.1, 0.15) is 5.75 Å². The van der Waals surface area contributed by atoms with Gasteiger partial charge in [-0.3, -0.25) is 14.5 Å². The molecule has 3 aliphatic rings. The quantitative estimate of drug-likeness (QED) is 0.441. The van der Waals surface area contributed by atoms with E-state index in [1.165, 1.54) is 35.4 Å². The number of hydrogen-bond donors (Lipinski definition) is 0. The zero-order chi connectivity index (χ0) is 24.2. The second-order valence-corrected chi connectivity index (χ2v) is 11.0. The predicted octanol–water partition coefficient (Wildman–Crippen LogP) is 2.96. The predicted molar refractivity (Wildman–Crippen MR) is 129 cm³/mol. The first kappa shape index (κ1) is 22.0. The molecule has 0 aromatic heterocycles. The van der Waals surface area contributed by atoms with Gasteiger partial charge in [0.2, 0.25) is 9.84 Å². The van der Waals surface area contributed by atoms with Gasteiger partial charge in [0.05, 0.1) is 16.4 Å². The second kappa shape index (κ2) is 8.32. The number of carbonyl (C=O) groups is 2. The molecule has 0 N–H and O–H groups in total. The van der Waals surface area contributed by atoms with Crippen molar-refractivity contribution in [3.8, 4) is 5.75 Å². The molecule has 35 heavy (non-hydrogen) atoms. The highest BCUT2D eigenvalue weighted by Crippen LogP contribution is 2.35. The van der Waals surface area contributed by atoms with E-state index in [2.05, 4.69) is 17.0 Å². The molecule has 3 aromatic rings. The molecule has 0 aliphatic carbocycles. The van der Waals surface area contributed by atoms with Gasteiger partial charge in [0.25, 0.3) is 5.91 Å². The molecular weight excluding hydrogens is 464 g/mol. The number of hydrogen-bond acceptors (Lipinski definition) is 6. The Bertz CT molecular complexity index is 1470. The van der Waals surface area contributed by atoms with Gasteiger partial charge < -0.3 is 9.64 Å². The number of rotatable bonds is 3. The zero-order valence-corrected chi connectivity index (χ0v) is 19.9. The van der Waals surface area contributed by atoms with E-state index >= 15 is 0 Å². The fraction of sp³-hybridized carbons (Fsp3) is 0.259. The van der Waals surface area contributed by atoms with Crippen LogP contribution in [-0.2, 0) is 22.8 Å². The molecule has 1 amide bonds. The van der Waals surface area contributed by atoms with Gasteiger partial charge in [-0.2, -0.15) is 0 Å². The van der Waals surface area contributed by atoms with Crippen LogP contribution in [-0.4, -0.2) is 62.7 Å². The lowest BCUT2D eigenvalue weighted by atomic mass is 10.0. The Morgan fingerprint density at radius 1 is 0.886 bits per heavy atom. The zero-order valence-electron chi connectivity index (χ0n) is 19.1. The summed E-state index contributed by atoms with van der Waals surface area (Å²) < 4.78 is 32.0. The van der Waals surface area contributed by atoms with Gasteiger partial charge in [0.15, 0.2) is 5.78 Å². The standard InChI is InChI=1S/C27H24N2O5S/c30-26-21-3-1-2-4-24(21)35(32,33)25-16-20(6-7-22(25)26)27(31)29-12-10-28(11-13-29)17-18-5-8-23-19(15-18)9-14-34-23/h1-8,15-16H,9-14,17H2. The molecule has 0 unspecified atom stereocenters. The van der Waals surface area contributed by atoms with Gasteiger partial charge in [-0.15, -0.1) is 0 Å². The van der Waals surface area contributed by atoms with E-state index in [1.807, 2.05) is 6.07 Å². The van der Waals surface area contributed by atoms with Crippen LogP contribution in [0.3, 0.4) is 0 Å². The summed E-state index contributed by atoms with van der Waals surface area (Å²) in [6, 6.07) is 16.9. The van der Waals surface area contributed by atoms with E-state index in [-0.39, 0.29) is 38.2 Å². The molecule has 0 atom stereocenters. The molecular formula is C27H24N2O5S. The van der Waals surface area contributed by atoms with Crippen molar-refractivity contribution >= 4 is 21.5 Å². The highest BCUT2D eigenvalue weighted by molar-refractivity contribution is 7.91. The van der Waals surface area contributed by atoms with Gasteiger partial charge in [-0.25, -0.2) is 8.42 Å². The first-order valence-corrected chi connectivity index (χ1v) is 13.2. The minimum Gasteiger partial charge on any atom is -0.493 e. The lowest BCUT2D eigenvalue weighted by Crippen LogP contribution is -2.48. The summed E-state index contributed by atoms with van der Waals surface area (Å²) in [6.07, 6.45) is 0.944. The van der Waals surface area contributed by atoms with Crippen molar-refractivity contribution in [3.05, 3.63) is 88.5 Å². The number of sulfone groups is 1. The Hall–Kier alpha value is -3.49. The van der Waals surface area contributed by atoms with E-state index in [0.717, 1.165) is 38.4 Å². The number of piperazine rings is 1. The Morgan fingerprint density at radius 2 is 1.66 bits per heavy atom. The molecule has 0 radical (unpaired) electrons. The third kappa shape index (κ3) is 3.73. The van der Waals surface area contributed by atoms with E-state index in [4.69, 9.17) is 4.74 Å². The molecule has 1 fully saturated rings. The molecule has 3 heterocycles. The van der Waals surface area contributed by atoms with Crippen molar-refractivity contribution in [1.82, 2.24) is 9.80 Å². The monoisotopic (exact) mass is 488 g/mol. The summed E-state index contributed by atoms with van der Waals surface area (Å²) in [6.45, 7) is 4.12. The van der Waals surface area contributed by atoms with Gasteiger partial charge in [0, 0.05) is 55.8 Å². The summed E-state index contributed by atoms with van der Waals surface area (Å²) in [5.41, 5.74) is 3.06. The minimum absolute atomic E-state index is 0.00571. The van der Waals surface area contributed by atoms with Crippen molar-refractivity contribution < 1.29 is 22.7 Å². The molecule has 0 spiro atoms. The van der Waals surface area contributed by atoms with Crippen molar-refractivity contribution in [3.63, 3.8) is 0 Å². The molecule has 3 aliphatic heterocycles. The summed E-state index contributed by atoms with van der Waals surface area (Å²) in [5, 5.41) is 0. The molecule has 8 heteroatoms. The van der Waals surface area contributed by atoms with Crippen LogP contribution in [0.1, 0.15) is 37.4 Å². The van der Waals surface area contributed by atoms with Crippen LogP contribution < -0.4 is 4.74 Å².